The van der Waals surface area contributed by atoms with Crippen molar-refractivity contribution in [3.63, 3.8) is 0 Å². The average Bonchev–Trinajstić information content (AvgIpc) is 3.88. The van der Waals surface area contributed by atoms with Crippen LogP contribution in [-0.2, 0) is 0 Å². The summed E-state index contributed by atoms with van der Waals surface area (Å²) in [6, 6.07) is 54.7. The normalized spacial score (nSPS) is 11.9. The van der Waals surface area contributed by atoms with Crippen LogP contribution in [0.5, 0.6) is 0 Å². The number of benzene rings is 7. The minimum absolute atomic E-state index is 0.639. The van der Waals surface area contributed by atoms with Gasteiger partial charge in [0.1, 0.15) is 11.2 Å². The Bertz CT molecular complexity index is 3070. The summed E-state index contributed by atoms with van der Waals surface area (Å²) < 4.78 is 11.2. The van der Waals surface area contributed by atoms with Crippen molar-refractivity contribution in [3.05, 3.63) is 158 Å². The molecule has 0 saturated carbocycles. The maximum absolute atomic E-state index is 6.31. The molecule has 0 unspecified atom stereocenters. The van der Waals surface area contributed by atoms with E-state index in [0.29, 0.717) is 17.5 Å². The van der Waals surface area contributed by atoms with E-state index >= 15 is 0 Å². The van der Waals surface area contributed by atoms with E-state index in [1.807, 2.05) is 78.1 Å². The second-order valence-corrected chi connectivity index (χ2v) is 13.8. The van der Waals surface area contributed by atoms with Crippen molar-refractivity contribution >= 4 is 75.3 Å². The third-order valence-electron chi connectivity index (χ3n) is 9.85. The molecule has 4 heterocycles. The maximum Gasteiger partial charge on any atom is 0.164 e. The summed E-state index contributed by atoms with van der Waals surface area (Å²) in [5, 5.41) is 7.18. The Kier molecular flexibility index (Phi) is 6.05. The number of fused-ring (bicyclic) bond motifs is 11. The van der Waals surface area contributed by atoms with Crippen LogP contribution in [0.3, 0.4) is 0 Å². The van der Waals surface area contributed by atoms with Crippen molar-refractivity contribution in [2.45, 2.75) is 0 Å². The molecule has 0 spiro atoms. The first kappa shape index (κ1) is 28.2. The average molecular weight is 671 g/mol. The molecular formula is C45H26N4OS. The standard InChI is InChI=1S/C45H26N4OS/c1-4-12-27(13-5-1)43-46-44(28-14-6-2-7-15-28)48-45(47-43)29-20-23-35-34(26-29)39-36(49(35)30-16-8-3-9-17-30)24-21-31-32-22-25-38-40(42(32)51-41(31)39)33-18-10-11-19-37(33)50-38/h1-26H. The number of aromatic nitrogens is 4. The molecule has 11 aromatic rings. The minimum Gasteiger partial charge on any atom is -0.456 e. The molecule has 7 aromatic carbocycles. The Labute approximate surface area is 295 Å². The van der Waals surface area contributed by atoms with Crippen LogP contribution >= 0.6 is 11.3 Å². The van der Waals surface area contributed by atoms with E-state index in [1.165, 1.54) is 30.9 Å². The smallest absolute Gasteiger partial charge is 0.164 e. The molecule has 0 bridgehead atoms. The van der Waals surface area contributed by atoms with Gasteiger partial charge in [-0.05, 0) is 54.6 Å². The molecule has 0 saturated heterocycles. The van der Waals surface area contributed by atoms with Gasteiger partial charge < -0.3 is 8.98 Å². The molecule has 0 N–H and O–H groups in total. The van der Waals surface area contributed by atoms with Gasteiger partial charge in [0.25, 0.3) is 0 Å². The summed E-state index contributed by atoms with van der Waals surface area (Å²) in [6.07, 6.45) is 0. The predicted molar refractivity (Wildman–Crippen MR) is 211 cm³/mol. The Morgan fingerprint density at radius 1 is 0.412 bits per heavy atom. The summed E-state index contributed by atoms with van der Waals surface area (Å²) in [5.74, 6) is 1.93. The van der Waals surface area contributed by atoms with Gasteiger partial charge in [-0.15, -0.1) is 11.3 Å². The lowest BCUT2D eigenvalue weighted by Crippen LogP contribution is -2.00. The quantitative estimate of drug-likeness (QED) is 0.187. The van der Waals surface area contributed by atoms with Crippen molar-refractivity contribution in [3.8, 4) is 39.9 Å². The zero-order chi connectivity index (χ0) is 33.5. The number of hydrogen-bond donors (Lipinski definition) is 0. The number of furan rings is 1. The van der Waals surface area contributed by atoms with Crippen molar-refractivity contribution in [1.82, 2.24) is 19.5 Å². The van der Waals surface area contributed by atoms with Crippen LogP contribution in [0.4, 0.5) is 0 Å². The van der Waals surface area contributed by atoms with E-state index in [2.05, 4.69) is 95.6 Å². The van der Waals surface area contributed by atoms with Gasteiger partial charge in [0.05, 0.1) is 11.0 Å². The van der Waals surface area contributed by atoms with Gasteiger partial charge in [-0.25, -0.2) is 15.0 Å². The fourth-order valence-electron chi connectivity index (χ4n) is 7.54. The van der Waals surface area contributed by atoms with Gasteiger partial charge in [-0.3, -0.25) is 0 Å². The first-order chi connectivity index (χ1) is 25.3. The molecule has 0 fully saturated rings. The van der Waals surface area contributed by atoms with Crippen molar-refractivity contribution in [2.75, 3.05) is 0 Å². The lowest BCUT2D eigenvalue weighted by molar-refractivity contribution is 0.669. The Morgan fingerprint density at radius 3 is 1.69 bits per heavy atom. The number of hydrogen-bond acceptors (Lipinski definition) is 5. The van der Waals surface area contributed by atoms with E-state index in [-0.39, 0.29) is 0 Å². The second-order valence-electron chi connectivity index (χ2n) is 12.8. The van der Waals surface area contributed by atoms with E-state index in [9.17, 15) is 0 Å². The Morgan fingerprint density at radius 2 is 0.980 bits per heavy atom. The van der Waals surface area contributed by atoms with Crippen LogP contribution < -0.4 is 0 Å². The van der Waals surface area contributed by atoms with Gasteiger partial charge in [-0.2, -0.15) is 0 Å². The van der Waals surface area contributed by atoms with Gasteiger partial charge in [0, 0.05) is 64.1 Å². The zero-order valence-corrected chi connectivity index (χ0v) is 27.9. The molecule has 6 heteroatoms. The number of nitrogens with zero attached hydrogens (tertiary/aromatic N) is 4. The molecule has 0 aliphatic heterocycles. The number of rotatable bonds is 4. The van der Waals surface area contributed by atoms with Gasteiger partial charge in [-0.1, -0.05) is 103 Å². The largest absolute Gasteiger partial charge is 0.456 e. The summed E-state index contributed by atoms with van der Waals surface area (Å²) in [7, 11) is 0. The summed E-state index contributed by atoms with van der Waals surface area (Å²) in [5.41, 5.74) is 8.07. The topological polar surface area (TPSA) is 56.7 Å². The molecule has 0 aliphatic carbocycles. The van der Waals surface area contributed by atoms with Crippen LogP contribution in [0, 0.1) is 0 Å². The van der Waals surface area contributed by atoms with Crippen molar-refractivity contribution in [2.24, 2.45) is 0 Å². The highest BCUT2D eigenvalue weighted by atomic mass is 32.1. The minimum atomic E-state index is 0.639. The number of thiophene rings is 1. The van der Waals surface area contributed by atoms with E-state index < -0.39 is 0 Å². The molecule has 0 radical (unpaired) electrons. The fraction of sp³-hybridized carbons (Fsp3) is 0. The van der Waals surface area contributed by atoms with E-state index in [4.69, 9.17) is 19.4 Å². The molecule has 4 aromatic heterocycles. The highest BCUT2D eigenvalue weighted by molar-refractivity contribution is 7.27. The highest BCUT2D eigenvalue weighted by Crippen LogP contribution is 2.47. The summed E-state index contributed by atoms with van der Waals surface area (Å²) in [6.45, 7) is 0. The summed E-state index contributed by atoms with van der Waals surface area (Å²) >= 11 is 1.85. The van der Waals surface area contributed by atoms with Crippen LogP contribution in [0.1, 0.15) is 0 Å². The van der Waals surface area contributed by atoms with E-state index in [1.54, 1.807) is 0 Å². The van der Waals surface area contributed by atoms with Crippen LogP contribution in [0.15, 0.2) is 162 Å². The molecule has 0 amide bonds. The summed E-state index contributed by atoms with van der Waals surface area (Å²) in [4.78, 5) is 15.1. The third kappa shape index (κ3) is 4.30. The predicted octanol–water partition coefficient (Wildman–Crippen LogP) is 12.2. The first-order valence-corrected chi connectivity index (χ1v) is 17.8. The zero-order valence-electron chi connectivity index (χ0n) is 27.1. The molecule has 51 heavy (non-hydrogen) atoms. The lowest BCUT2D eigenvalue weighted by atomic mass is 10.0. The van der Waals surface area contributed by atoms with Gasteiger partial charge >= 0.3 is 0 Å². The molecular weight excluding hydrogens is 645 g/mol. The Hall–Kier alpha value is -6.63. The monoisotopic (exact) mass is 670 g/mol. The molecule has 238 valence electrons. The van der Waals surface area contributed by atoms with Gasteiger partial charge in [0.15, 0.2) is 17.5 Å². The van der Waals surface area contributed by atoms with Crippen LogP contribution in [0.25, 0.3) is 104 Å². The third-order valence-corrected chi connectivity index (χ3v) is 11.1. The second kappa shape index (κ2) is 10.9. The highest BCUT2D eigenvalue weighted by Gasteiger charge is 2.21. The van der Waals surface area contributed by atoms with Crippen molar-refractivity contribution < 1.29 is 4.42 Å². The first-order valence-electron chi connectivity index (χ1n) is 16.9. The van der Waals surface area contributed by atoms with E-state index in [0.717, 1.165) is 55.3 Å². The number of para-hydroxylation sites is 2. The molecule has 0 atom stereocenters. The van der Waals surface area contributed by atoms with Crippen LogP contribution in [0.2, 0.25) is 0 Å². The molecule has 5 nitrogen and oxygen atoms in total. The maximum atomic E-state index is 6.31. The Balaban J connectivity index is 1.23. The fourth-order valence-corrected chi connectivity index (χ4v) is 8.94. The SMILES string of the molecule is c1ccc(-c2nc(-c3ccccc3)nc(-c3ccc4c(c3)c3c5sc6c(ccc7oc8ccccc8c76)c5ccc3n4-c3ccccc3)n2)cc1. The van der Waals surface area contributed by atoms with Gasteiger partial charge in [0.2, 0.25) is 0 Å². The van der Waals surface area contributed by atoms with Crippen LogP contribution in [-0.4, -0.2) is 19.5 Å². The molecule has 0 aliphatic rings. The molecule has 11 rings (SSSR count). The van der Waals surface area contributed by atoms with Crippen molar-refractivity contribution in [1.29, 1.82) is 0 Å². The lowest BCUT2D eigenvalue weighted by Gasteiger charge is -2.09.